The average Bonchev–Trinajstić information content (AvgIpc) is 3.23. The number of H-pyrrole nitrogens is 2. The molecule has 2 aromatic heterocycles. The number of aliphatic hydroxyl groups excluding tert-OH is 1. The number of nitrogen functional groups attached to an aromatic ring is 1. The molecular weight excluding hydrogens is 358 g/mol. The smallest absolute Gasteiger partial charge is 0.0702 e. The fourth-order valence-electron chi connectivity index (χ4n) is 4.17. The number of nitrogens with two attached hydrogens (primary N) is 1. The minimum absolute atomic E-state index is 0.0429. The van der Waals surface area contributed by atoms with Crippen LogP contribution in [0.25, 0.3) is 21.8 Å². The van der Waals surface area contributed by atoms with Gasteiger partial charge in [-0.25, -0.2) is 0 Å². The molecule has 152 valence electrons. The molecule has 0 radical (unpaired) electrons. The van der Waals surface area contributed by atoms with Gasteiger partial charge in [-0.2, -0.15) is 0 Å². The third-order valence-electron chi connectivity index (χ3n) is 6.03. The molecule has 2 aromatic carbocycles. The van der Waals surface area contributed by atoms with E-state index in [0.29, 0.717) is 0 Å². The minimum atomic E-state index is -0.0688. The second kappa shape index (κ2) is 6.67. The predicted molar refractivity (Wildman–Crippen MR) is 122 cm³/mol. The summed E-state index contributed by atoms with van der Waals surface area (Å²) in [6.45, 7) is 11.2. The van der Waals surface area contributed by atoms with Crippen molar-refractivity contribution in [2.24, 2.45) is 0 Å². The molecule has 0 aliphatic carbocycles. The Balaban J connectivity index is 1.70. The zero-order chi connectivity index (χ0) is 21.0. The summed E-state index contributed by atoms with van der Waals surface area (Å²) in [7, 11) is 0. The van der Waals surface area contributed by atoms with Gasteiger partial charge >= 0.3 is 0 Å². The molecule has 0 fully saturated rings. The largest absolute Gasteiger partial charge is 0.397 e. The van der Waals surface area contributed by atoms with E-state index in [1.807, 2.05) is 6.20 Å². The normalized spacial score (nSPS) is 12.9. The van der Waals surface area contributed by atoms with Gasteiger partial charge in [0.25, 0.3) is 0 Å². The van der Waals surface area contributed by atoms with E-state index < -0.39 is 0 Å². The maximum atomic E-state index is 9.60. The van der Waals surface area contributed by atoms with Crippen LogP contribution in [0, 0.1) is 0 Å². The van der Waals surface area contributed by atoms with Gasteiger partial charge < -0.3 is 20.8 Å². The number of hydrogen-bond acceptors (Lipinski definition) is 2. The summed E-state index contributed by atoms with van der Waals surface area (Å²) < 4.78 is 0. The lowest BCUT2D eigenvalue weighted by Gasteiger charge is -2.25. The third kappa shape index (κ3) is 3.53. The van der Waals surface area contributed by atoms with E-state index in [2.05, 4.69) is 81.0 Å². The van der Waals surface area contributed by atoms with Crippen LogP contribution in [0.3, 0.4) is 0 Å². The van der Waals surface area contributed by atoms with Crippen LogP contribution in [0.15, 0.2) is 42.6 Å². The molecule has 2 heterocycles. The van der Waals surface area contributed by atoms with Crippen LogP contribution in [0.2, 0.25) is 0 Å². The van der Waals surface area contributed by atoms with E-state index in [1.165, 1.54) is 22.2 Å². The number of aromatic nitrogens is 2. The molecule has 0 atom stereocenters. The van der Waals surface area contributed by atoms with Crippen molar-refractivity contribution >= 4 is 27.5 Å². The van der Waals surface area contributed by atoms with E-state index in [9.17, 15) is 5.11 Å². The van der Waals surface area contributed by atoms with E-state index in [0.717, 1.165) is 34.1 Å². The maximum absolute atomic E-state index is 9.60. The summed E-state index contributed by atoms with van der Waals surface area (Å²) in [5.74, 6) is 0. The van der Waals surface area contributed by atoms with Gasteiger partial charge in [0.1, 0.15) is 0 Å². The topological polar surface area (TPSA) is 77.8 Å². The van der Waals surface area contributed by atoms with Gasteiger partial charge in [0.15, 0.2) is 0 Å². The first kappa shape index (κ1) is 19.6. The Morgan fingerprint density at radius 2 is 1.72 bits per heavy atom. The molecule has 0 aliphatic heterocycles. The Morgan fingerprint density at radius 1 is 0.966 bits per heavy atom. The number of nitrogens with one attached hydrogen (secondary N) is 2. The molecule has 4 aromatic rings. The maximum Gasteiger partial charge on any atom is 0.0702 e. The summed E-state index contributed by atoms with van der Waals surface area (Å²) in [5.41, 5.74) is 13.9. The summed E-state index contributed by atoms with van der Waals surface area (Å²) in [6, 6.07) is 13.0. The number of rotatable bonds is 4. The molecule has 0 saturated heterocycles. The fourth-order valence-corrected chi connectivity index (χ4v) is 4.17. The zero-order valence-corrected chi connectivity index (χ0v) is 18.0. The average molecular weight is 390 g/mol. The van der Waals surface area contributed by atoms with Crippen molar-refractivity contribution in [3.63, 3.8) is 0 Å². The number of anilines is 1. The van der Waals surface area contributed by atoms with Crippen molar-refractivity contribution in [1.29, 1.82) is 0 Å². The highest BCUT2D eigenvalue weighted by atomic mass is 16.3. The Labute approximate surface area is 172 Å². The van der Waals surface area contributed by atoms with Crippen molar-refractivity contribution in [3.8, 4) is 0 Å². The number of aliphatic hydroxyl groups is 1. The molecule has 4 heteroatoms. The van der Waals surface area contributed by atoms with Gasteiger partial charge in [-0.1, -0.05) is 40.7 Å². The van der Waals surface area contributed by atoms with Crippen LogP contribution in [0.5, 0.6) is 0 Å². The molecule has 4 nitrogen and oxygen atoms in total. The predicted octanol–water partition coefficient (Wildman–Crippen LogP) is 5.54. The van der Waals surface area contributed by atoms with Crippen LogP contribution in [-0.2, 0) is 23.9 Å². The van der Waals surface area contributed by atoms with Crippen molar-refractivity contribution in [2.45, 2.75) is 58.5 Å². The van der Waals surface area contributed by atoms with Gasteiger partial charge in [-0.15, -0.1) is 0 Å². The monoisotopic (exact) mass is 389 g/mol. The summed E-state index contributed by atoms with van der Waals surface area (Å²) in [4.78, 5) is 6.78. The molecule has 4 rings (SSSR count). The molecule has 0 aliphatic rings. The lowest BCUT2D eigenvalue weighted by atomic mass is 9.80. The zero-order valence-electron chi connectivity index (χ0n) is 18.0. The van der Waals surface area contributed by atoms with Gasteiger partial charge in [-0.05, 0) is 58.7 Å². The summed E-state index contributed by atoms with van der Waals surface area (Å²) in [5, 5.41) is 11.9. The van der Waals surface area contributed by atoms with Crippen molar-refractivity contribution in [3.05, 3.63) is 65.0 Å². The van der Waals surface area contributed by atoms with Gasteiger partial charge in [0.05, 0.1) is 17.8 Å². The summed E-state index contributed by atoms with van der Waals surface area (Å²) >= 11 is 0. The molecule has 0 amide bonds. The quantitative estimate of drug-likeness (QED) is 0.346. The molecule has 5 N–H and O–H groups in total. The standard InChI is InChI=1S/C25H31N3O/c1-24(2,3)18-8-15-9-19(28-23(15)21(26)11-18)12-25(4,5)17-6-7-22-20(10-17)16(14-29)13-27-22/h6-11,13,27-29H,12,14,26H2,1-5H3. The molecule has 0 spiro atoms. The lowest BCUT2D eigenvalue weighted by Crippen LogP contribution is -2.20. The second-order valence-electron chi connectivity index (χ2n) is 9.87. The lowest BCUT2D eigenvalue weighted by molar-refractivity contribution is 0.283. The number of benzene rings is 2. The highest BCUT2D eigenvalue weighted by Gasteiger charge is 2.24. The SMILES string of the molecule is CC(C)(C)c1cc(N)c2[nH]c(CC(C)(C)c3ccc4[nH]cc(CO)c4c3)cc2c1. The van der Waals surface area contributed by atoms with E-state index >= 15 is 0 Å². The number of aromatic amines is 2. The molecule has 0 unspecified atom stereocenters. The third-order valence-corrected chi connectivity index (χ3v) is 6.03. The van der Waals surface area contributed by atoms with Crippen LogP contribution < -0.4 is 5.73 Å². The summed E-state index contributed by atoms with van der Waals surface area (Å²) in [6.07, 6.45) is 2.76. The molecule has 0 saturated carbocycles. The van der Waals surface area contributed by atoms with Crippen molar-refractivity contribution in [1.82, 2.24) is 9.97 Å². The highest BCUT2D eigenvalue weighted by Crippen LogP contribution is 2.34. The molecule has 29 heavy (non-hydrogen) atoms. The molecule has 0 bridgehead atoms. The molecular formula is C25H31N3O. The Bertz CT molecular complexity index is 1190. The second-order valence-corrected chi connectivity index (χ2v) is 9.87. The van der Waals surface area contributed by atoms with E-state index in [1.54, 1.807) is 0 Å². The van der Waals surface area contributed by atoms with Crippen molar-refractivity contribution < 1.29 is 5.11 Å². The van der Waals surface area contributed by atoms with Crippen LogP contribution >= 0.6 is 0 Å². The van der Waals surface area contributed by atoms with Crippen LogP contribution in [0.4, 0.5) is 5.69 Å². The van der Waals surface area contributed by atoms with Gasteiger partial charge in [0.2, 0.25) is 0 Å². The van der Waals surface area contributed by atoms with Crippen LogP contribution in [0.1, 0.15) is 57.0 Å². The minimum Gasteiger partial charge on any atom is -0.397 e. The fraction of sp³-hybridized carbons (Fsp3) is 0.360. The first-order chi connectivity index (χ1) is 13.6. The van der Waals surface area contributed by atoms with Gasteiger partial charge in [0, 0.05) is 33.7 Å². The Kier molecular flexibility index (Phi) is 4.50. The van der Waals surface area contributed by atoms with Crippen LogP contribution in [-0.4, -0.2) is 15.1 Å². The Hall–Kier alpha value is -2.72. The highest BCUT2D eigenvalue weighted by molar-refractivity contribution is 5.91. The van der Waals surface area contributed by atoms with Crippen molar-refractivity contribution in [2.75, 3.05) is 5.73 Å². The Morgan fingerprint density at radius 3 is 2.41 bits per heavy atom. The number of fused-ring (bicyclic) bond motifs is 2. The van der Waals surface area contributed by atoms with Gasteiger partial charge in [-0.3, -0.25) is 0 Å². The van der Waals surface area contributed by atoms with E-state index in [-0.39, 0.29) is 17.4 Å². The first-order valence-electron chi connectivity index (χ1n) is 10.2. The number of hydrogen-bond donors (Lipinski definition) is 4. The first-order valence-corrected chi connectivity index (χ1v) is 10.2. The van der Waals surface area contributed by atoms with E-state index in [4.69, 9.17) is 5.73 Å².